The van der Waals surface area contributed by atoms with E-state index in [0.29, 0.717) is 55.4 Å². The van der Waals surface area contributed by atoms with Gasteiger partial charge in [-0.25, -0.2) is 0 Å². The molecule has 4 aromatic rings. The maximum Gasteiger partial charge on any atom is 0.295 e. The summed E-state index contributed by atoms with van der Waals surface area (Å²) in [6, 6.07) is 31.5. The van der Waals surface area contributed by atoms with Crippen LogP contribution in [0.5, 0.6) is 11.5 Å². The lowest BCUT2D eigenvalue weighted by atomic mass is 9.94. The number of methoxy groups -OCH3 is 1. The second kappa shape index (κ2) is 13.9. The summed E-state index contributed by atoms with van der Waals surface area (Å²) < 4.78 is 17.1. The van der Waals surface area contributed by atoms with Crippen molar-refractivity contribution in [3.63, 3.8) is 0 Å². The first kappa shape index (κ1) is 29.6. The predicted octanol–water partition coefficient (Wildman–Crippen LogP) is 6.61. The van der Waals surface area contributed by atoms with Crippen LogP contribution in [0.3, 0.4) is 0 Å². The zero-order valence-corrected chi connectivity index (χ0v) is 24.4. The molecule has 7 nitrogen and oxygen atoms in total. The number of Topliss-reactive ketones (excluding diaryl/α,β-unsaturated/α-hetero) is 1. The van der Waals surface area contributed by atoms with Crippen molar-refractivity contribution < 1.29 is 28.9 Å². The molecule has 0 spiro atoms. The number of aliphatic hydroxyl groups excluding tert-OH is 1. The quantitative estimate of drug-likeness (QED) is 0.0883. The van der Waals surface area contributed by atoms with Crippen molar-refractivity contribution in [2.75, 3.05) is 20.3 Å². The van der Waals surface area contributed by atoms with E-state index in [-0.39, 0.29) is 11.3 Å². The van der Waals surface area contributed by atoms with Gasteiger partial charge >= 0.3 is 0 Å². The van der Waals surface area contributed by atoms with Crippen molar-refractivity contribution in [3.05, 3.63) is 137 Å². The van der Waals surface area contributed by atoms with Gasteiger partial charge in [0.05, 0.1) is 11.6 Å². The van der Waals surface area contributed by atoms with Crippen molar-refractivity contribution >= 4 is 17.4 Å². The number of hydrogen-bond donors (Lipinski definition) is 1. The fourth-order valence-electron chi connectivity index (χ4n) is 5.17. The molecule has 1 saturated heterocycles. The van der Waals surface area contributed by atoms with Crippen LogP contribution in [0, 0.1) is 6.92 Å². The van der Waals surface area contributed by atoms with Crippen LogP contribution in [0.25, 0.3) is 5.76 Å². The number of ketones is 1. The molecular formula is C36H35NO6. The molecule has 1 heterocycles. The molecule has 1 aliphatic rings. The Morgan fingerprint density at radius 1 is 0.814 bits per heavy atom. The highest BCUT2D eigenvalue weighted by Crippen LogP contribution is 2.40. The van der Waals surface area contributed by atoms with Gasteiger partial charge in [-0.2, -0.15) is 0 Å². The summed E-state index contributed by atoms with van der Waals surface area (Å²) in [5, 5.41) is 11.5. The molecule has 43 heavy (non-hydrogen) atoms. The third-order valence-corrected chi connectivity index (χ3v) is 7.42. The van der Waals surface area contributed by atoms with Crippen LogP contribution < -0.4 is 9.47 Å². The third-order valence-electron chi connectivity index (χ3n) is 7.42. The smallest absolute Gasteiger partial charge is 0.295 e. The molecule has 1 atom stereocenters. The van der Waals surface area contributed by atoms with E-state index in [0.717, 1.165) is 16.7 Å². The number of amides is 1. The first-order valence-corrected chi connectivity index (χ1v) is 14.3. The Balaban J connectivity index is 1.42. The zero-order chi connectivity index (χ0) is 30.2. The summed E-state index contributed by atoms with van der Waals surface area (Å²) in [6.45, 7) is 3.44. The van der Waals surface area contributed by atoms with Crippen LogP contribution in [0.1, 0.15) is 40.3 Å². The van der Waals surface area contributed by atoms with E-state index in [2.05, 4.69) is 0 Å². The summed E-state index contributed by atoms with van der Waals surface area (Å²) in [5.74, 6) is -0.258. The van der Waals surface area contributed by atoms with E-state index < -0.39 is 17.7 Å². The second-order valence-electron chi connectivity index (χ2n) is 10.4. The number of nitrogens with zero attached hydrogens (tertiary/aromatic N) is 1. The maximum absolute atomic E-state index is 13.4. The molecule has 1 aliphatic heterocycles. The van der Waals surface area contributed by atoms with Crippen molar-refractivity contribution in [3.8, 4) is 11.5 Å². The van der Waals surface area contributed by atoms with Gasteiger partial charge in [-0.3, -0.25) is 9.59 Å². The van der Waals surface area contributed by atoms with Crippen molar-refractivity contribution in [1.82, 2.24) is 4.90 Å². The molecule has 0 saturated carbocycles. The lowest BCUT2D eigenvalue weighted by Gasteiger charge is -2.25. The van der Waals surface area contributed by atoms with Crippen LogP contribution in [-0.2, 0) is 27.5 Å². The fourth-order valence-corrected chi connectivity index (χ4v) is 5.17. The van der Waals surface area contributed by atoms with Gasteiger partial charge in [-0.15, -0.1) is 0 Å². The summed E-state index contributed by atoms with van der Waals surface area (Å²) in [5.41, 5.74) is 4.07. The average Bonchev–Trinajstić information content (AvgIpc) is 3.29. The summed E-state index contributed by atoms with van der Waals surface area (Å²) in [6.07, 6.45) is 0.547. The molecule has 0 aromatic heterocycles. The molecule has 0 bridgehead atoms. The van der Waals surface area contributed by atoms with E-state index in [1.54, 1.807) is 25.3 Å². The minimum Gasteiger partial charge on any atom is -0.507 e. The van der Waals surface area contributed by atoms with Gasteiger partial charge in [0.2, 0.25) is 0 Å². The SMILES string of the molecule is COCCCN1C(=O)C(=O)/C(=C(/O)c2ccc(OCc3ccccc3)c(C)c2)C1c1ccc(OCc2ccccc2)cc1. The lowest BCUT2D eigenvalue weighted by Crippen LogP contribution is -2.31. The molecule has 0 radical (unpaired) electrons. The number of carbonyl (C=O) groups excluding carboxylic acids is 2. The number of rotatable bonds is 12. The highest BCUT2D eigenvalue weighted by atomic mass is 16.5. The van der Waals surface area contributed by atoms with Crippen LogP contribution in [0.2, 0.25) is 0 Å². The molecule has 1 unspecified atom stereocenters. The zero-order valence-electron chi connectivity index (χ0n) is 24.4. The highest BCUT2D eigenvalue weighted by molar-refractivity contribution is 6.46. The number of carbonyl (C=O) groups is 2. The largest absolute Gasteiger partial charge is 0.507 e. The molecule has 1 fully saturated rings. The topological polar surface area (TPSA) is 85.3 Å². The number of likely N-dealkylation sites (tertiary alicyclic amines) is 1. The van der Waals surface area contributed by atoms with Crippen LogP contribution in [0.4, 0.5) is 0 Å². The molecule has 1 N–H and O–H groups in total. The van der Waals surface area contributed by atoms with Gasteiger partial charge in [-0.1, -0.05) is 72.8 Å². The first-order valence-electron chi connectivity index (χ1n) is 14.3. The van der Waals surface area contributed by atoms with Crippen molar-refractivity contribution in [1.29, 1.82) is 0 Å². The summed E-state index contributed by atoms with van der Waals surface area (Å²) in [7, 11) is 1.59. The minimum absolute atomic E-state index is 0.0534. The predicted molar refractivity (Wildman–Crippen MR) is 165 cm³/mol. The van der Waals surface area contributed by atoms with E-state index in [9.17, 15) is 14.7 Å². The number of benzene rings is 4. The molecule has 0 aliphatic carbocycles. The Morgan fingerprint density at radius 2 is 1.44 bits per heavy atom. The van der Waals surface area contributed by atoms with Crippen LogP contribution in [-0.4, -0.2) is 42.0 Å². The maximum atomic E-state index is 13.4. The van der Waals surface area contributed by atoms with Gasteiger partial charge in [0.1, 0.15) is 30.5 Å². The van der Waals surface area contributed by atoms with Crippen LogP contribution >= 0.6 is 0 Å². The molecular weight excluding hydrogens is 542 g/mol. The van der Waals surface area contributed by atoms with Gasteiger partial charge in [0.25, 0.3) is 11.7 Å². The van der Waals surface area contributed by atoms with E-state index >= 15 is 0 Å². The lowest BCUT2D eigenvalue weighted by molar-refractivity contribution is -0.140. The Kier molecular flexibility index (Phi) is 9.54. The molecule has 1 amide bonds. The minimum atomic E-state index is -0.755. The molecule has 7 heteroatoms. The van der Waals surface area contributed by atoms with Gasteiger partial charge < -0.3 is 24.2 Å². The number of aliphatic hydroxyl groups is 1. The normalized spacial score (nSPS) is 16.0. The average molecular weight is 578 g/mol. The molecule has 4 aromatic carbocycles. The van der Waals surface area contributed by atoms with Gasteiger partial charge in [-0.05, 0) is 65.9 Å². The Hall–Kier alpha value is -4.88. The molecule has 5 rings (SSSR count). The monoisotopic (exact) mass is 577 g/mol. The summed E-state index contributed by atoms with van der Waals surface area (Å²) >= 11 is 0. The van der Waals surface area contributed by atoms with Gasteiger partial charge in [0.15, 0.2) is 0 Å². The Bertz CT molecular complexity index is 1580. The number of aryl methyl sites for hydroxylation is 1. The third kappa shape index (κ3) is 6.96. The Labute approximate surface area is 252 Å². The van der Waals surface area contributed by atoms with E-state index in [1.807, 2.05) is 91.9 Å². The van der Waals surface area contributed by atoms with Crippen molar-refractivity contribution in [2.24, 2.45) is 0 Å². The number of hydrogen-bond acceptors (Lipinski definition) is 6. The second-order valence-corrected chi connectivity index (χ2v) is 10.4. The highest BCUT2D eigenvalue weighted by Gasteiger charge is 2.45. The standard InChI is InChI=1S/C36H35NO6/c1-25-22-29(16-19-31(25)43-24-27-12-7-4-8-13-27)34(38)32-33(37(20-9-21-41-2)36(40)35(32)39)28-14-17-30(18-15-28)42-23-26-10-5-3-6-11-26/h3-8,10-19,22,33,38H,9,20-21,23-24H2,1-2H3/b34-32+. The Morgan fingerprint density at radius 3 is 2.05 bits per heavy atom. The van der Waals surface area contributed by atoms with E-state index in [4.69, 9.17) is 14.2 Å². The first-order chi connectivity index (χ1) is 21.0. The number of ether oxygens (including phenoxy) is 3. The molecule has 220 valence electrons. The van der Waals surface area contributed by atoms with Gasteiger partial charge in [0, 0.05) is 25.8 Å². The van der Waals surface area contributed by atoms with E-state index in [1.165, 1.54) is 4.90 Å². The summed E-state index contributed by atoms with van der Waals surface area (Å²) in [4.78, 5) is 28.1. The van der Waals surface area contributed by atoms with Crippen LogP contribution in [0.15, 0.2) is 109 Å². The van der Waals surface area contributed by atoms with Crippen molar-refractivity contribution in [2.45, 2.75) is 32.6 Å². The fraction of sp³-hybridized carbons (Fsp3) is 0.222.